The van der Waals surface area contributed by atoms with E-state index in [2.05, 4.69) is 158 Å². The number of hydrogen-bond acceptors (Lipinski definition) is 0. The van der Waals surface area contributed by atoms with Crippen LogP contribution in [0, 0.1) is 11.8 Å². The lowest BCUT2D eigenvalue weighted by atomic mass is 9.83. The Kier molecular flexibility index (Phi) is 13.4. The van der Waals surface area contributed by atoms with Crippen LogP contribution in [0.5, 0.6) is 0 Å². The van der Waals surface area contributed by atoms with Gasteiger partial charge in [-0.1, -0.05) is 44.7 Å². The monoisotopic (exact) mass is 564 g/mol. The van der Waals surface area contributed by atoms with Crippen molar-refractivity contribution in [3.63, 3.8) is 0 Å². The van der Waals surface area contributed by atoms with E-state index in [-0.39, 0.29) is 0 Å². The van der Waals surface area contributed by atoms with Gasteiger partial charge in [-0.2, -0.15) is 0 Å². The van der Waals surface area contributed by atoms with Crippen molar-refractivity contribution in [3.05, 3.63) is 216 Å². The van der Waals surface area contributed by atoms with Gasteiger partial charge in [0.05, 0.1) is 52.4 Å². The molecular weight excluding hydrogens is 523 g/mol. The number of alkyl halides is 1. The molecule has 5 rings (SSSR count). The Morgan fingerprint density at radius 2 is 0.884 bits per heavy atom. The molecule has 1 heteroatoms. The molecule has 43 heavy (non-hydrogen) atoms. The van der Waals surface area contributed by atoms with Crippen LogP contribution in [0.3, 0.4) is 0 Å². The topological polar surface area (TPSA) is 0 Å². The largest absolute Gasteiger partial charge is 0.255 e. The van der Waals surface area contributed by atoms with Gasteiger partial charge in [-0.25, -0.2) is 0 Å². The summed E-state index contributed by atoms with van der Waals surface area (Å²) in [5.41, 5.74) is 9.47. The first-order valence-electron chi connectivity index (χ1n) is 14.7. The minimum Gasteiger partial charge on any atom is -0.255 e. The molecular formula is C42H41F+2. The fourth-order valence-electron chi connectivity index (χ4n) is 4.93. The Morgan fingerprint density at radius 3 is 1.28 bits per heavy atom. The van der Waals surface area contributed by atoms with E-state index in [1.54, 1.807) is 0 Å². The van der Waals surface area contributed by atoms with E-state index in [0.717, 1.165) is 5.57 Å². The van der Waals surface area contributed by atoms with E-state index >= 15 is 0 Å². The van der Waals surface area contributed by atoms with E-state index in [0.29, 0.717) is 7.18 Å². The smallest absolute Gasteiger partial charge is 0.0785 e. The fourth-order valence-corrected chi connectivity index (χ4v) is 4.93. The Labute approximate surface area is 258 Å². The number of benzene rings is 5. The summed E-state index contributed by atoms with van der Waals surface area (Å²) in [5, 5.41) is 0. The van der Waals surface area contributed by atoms with Crippen molar-refractivity contribution in [3.8, 4) is 11.1 Å². The van der Waals surface area contributed by atoms with Gasteiger partial charge < -0.3 is 0 Å². The number of allylic oxidation sites excluding steroid dienone is 5. The van der Waals surface area contributed by atoms with Gasteiger partial charge in [-0.3, -0.25) is 4.39 Å². The first-order chi connectivity index (χ1) is 21.3. The summed E-state index contributed by atoms with van der Waals surface area (Å²) in [6, 6.07) is 49.5. The lowest BCUT2D eigenvalue weighted by molar-refractivity contribution is 0.636. The number of rotatable bonds is 9. The van der Waals surface area contributed by atoms with E-state index in [1.165, 1.54) is 50.8 Å². The van der Waals surface area contributed by atoms with E-state index in [9.17, 15) is 4.39 Å². The normalized spacial score (nSPS) is 10.6. The molecule has 0 heterocycles. The average Bonchev–Trinajstić information content (AvgIpc) is 3.10. The first-order valence-corrected chi connectivity index (χ1v) is 14.7. The second-order valence-electron chi connectivity index (χ2n) is 9.35. The minimum atomic E-state index is 0.500. The SMILES string of the molecule is C=C/C(=C\C=C/C)[C+](c1ccccc1)c1ccc(-c2ccc([C+](c3ccccc3)c3ccccc3)cc2)cc1.CC.CF. The fraction of sp³-hybridized carbons (Fsp3) is 0.0952. The van der Waals surface area contributed by atoms with Crippen molar-refractivity contribution in [2.45, 2.75) is 20.8 Å². The summed E-state index contributed by atoms with van der Waals surface area (Å²) in [4.78, 5) is 0. The Hall–Kier alpha value is -5.01. The molecule has 214 valence electrons. The molecule has 5 aromatic rings. The highest BCUT2D eigenvalue weighted by atomic mass is 19.1. The molecule has 0 aliphatic heterocycles. The van der Waals surface area contributed by atoms with Crippen LogP contribution in [0.25, 0.3) is 11.1 Å². The third-order valence-corrected chi connectivity index (χ3v) is 6.84. The molecule has 0 aromatic heterocycles. The highest BCUT2D eigenvalue weighted by Crippen LogP contribution is 2.35. The van der Waals surface area contributed by atoms with Gasteiger partial charge in [0.2, 0.25) is 0 Å². The molecule has 0 fully saturated rings. The maximum atomic E-state index is 9.50. The predicted octanol–water partition coefficient (Wildman–Crippen LogP) is 11.6. The lowest BCUT2D eigenvalue weighted by Crippen LogP contribution is -2.05. The molecule has 0 bridgehead atoms. The summed E-state index contributed by atoms with van der Waals surface area (Å²) >= 11 is 0. The van der Waals surface area contributed by atoms with Crippen LogP contribution >= 0.6 is 0 Å². The maximum Gasteiger partial charge on any atom is 0.0785 e. The summed E-state index contributed by atoms with van der Waals surface area (Å²) in [6.07, 6.45) is 8.15. The quantitative estimate of drug-likeness (QED) is 0.0949. The van der Waals surface area contributed by atoms with Gasteiger partial charge in [-0.15, -0.1) is 0 Å². The van der Waals surface area contributed by atoms with Gasteiger partial charge in [0.1, 0.15) is 0 Å². The van der Waals surface area contributed by atoms with Gasteiger partial charge >= 0.3 is 0 Å². The van der Waals surface area contributed by atoms with Crippen LogP contribution in [0.1, 0.15) is 48.6 Å². The third kappa shape index (κ3) is 8.50. The van der Waals surface area contributed by atoms with E-state index in [4.69, 9.17) is 0 Å². The van der Waals surface area contributed by atoms with Crippen molar-refractivity contribution in [1.82, 2.24) is 0 Å². The van der Waals surface area contributed by atoms with Crippen molar-refractivity contribution in [2.75, 3.05) is 7.18 Å². The van der Waals surface area contributed by atoms with Crippen LogP contribution in [-0.2, 0) is 0 Å². The van der Waals surface area contributed by atoms with E-state index < -0.39 is 0 Å². The molecule has 0 aliphatic carbocycles. The molecule has 0 atom stereocenters. The highest BCUT2D eigenvalue weighted by molar-refractivity contribution is 5.68. The van der Waals surface area contributed by atoms with Crippen LogP contribution < -0.4 is 0 Å². The zero-order valence-electron chi connectivity index (χ0n) is 25.7. The summed E-state index contributed by atoms with van der Waals surface area (Å²) in [6.45, 7) is 10.1. The number of hydrogen-bond donors (Lipinski definition) is 0. The van der Waals surface area contributed by atoms with Crippen LogP contribution in [0.15, 0.2) is 176 Å². The van der Waals surface area contributed by atoms with Gasteiger partial charge in [0.25, 0.3) is 0 Å². The molecule has 0 amide bonds. The molecule has 0 saturated heterocycles. The second-order valence-corrected chi connectivity index (χ2v) is 9.35. The molecule has 0 radical (unpaired) electrons. The van der Waals surface area contributed by atoms with Gasteiger partial charge in [0.15, 0.2) is 0 Å². The van der Waals surface area contributed by atoms with Gasteiger partial charge in [-0.05, 0) is 158 Å². The minimum absolute atomic E-state index is 0.500. The summed E-state index contributed by atoms with van der Waals surface area (Å²) in [7, 11) is 0.500. The number of halogens is 1. The highest BCUT2D eigenvalue weighted by Gasteiger charge is 2.24. The van der Waals surface area contributed by atoms with Crippen molar-refractivity contribution >= 4 is 0 Å². The molecule has 0 saturated carbocycles. The van der Waals surface area contributed by atoms with Crippen molar-refractivity contribution in [1.29, 1.82) is 0 Å². The van der Waals surface area contributed by atoms with Crippen LogP contribution in [0.4, 0.5) is 4.39 Å². The zero-order valence-corrected chi connectivity index (χ0v) is 25.7. The molecule has 0 spiro atoms. The summed E-state index contributed by atoms with van der Waals surface area (Å²) < 4.78 is 9.50. The Morgan fingerprint density at radius 1 is 0.535 bits per heavy atom. The van der Waals surface area contributed by atoms with Crippen LogP contribution in [0.2, 0.25) is 0 Å². The molecule has 0 aliphatic rings. The molecule has 0 N–H and O–H groups in total. The predicted molar refractivity (Wildman–Crippen MR) is 185 cm³/mol. The zero-order chi connectivity index (χ0) is 30.9. The Balaban J connectivity index is 0.00000121. The second kappa shape index (κ2) is 17.7. The van der Waals surface area contributed by atoms with Crippen LogP contribution in [-0.4, -0.2) is 7.18 Å². The maximum absolute atomic E-state index is 9.50. The molecule has 0 unspecified atom stereocenters. The standard InChI is InChI=1S/C39H32.C2H6.CH3F/c1-3-5-15-30(4-2)38(33-16-9-6-10-17-33)36-26-22-31(23-27-36)32-24-28-37(29-25-32)39(34-18-11-7-12-19-34)35-20-13-8-14-21-35;2*1-2/h3-29H,2H2,1H3;1-2H3;1H3/q+2;;/b5-3-,30-15+;;. The summed E-state index contributed by atoms with van der Waals surface area (Å²) in [5.74, 6) is 2.42. The third-order valence-electron chi connectivity index (χ3n) is 6.84. The average molecular weight is 565 g/mol. The molecule has 5 aromatic carbocycles. The van der Waals surface area contributed by atoms with E-state index in [1.807, 2.05) is 32.9 Å². The molecule has 0 nitrogen and oxygen atoms in total. The van der Waals surface area contributed by atoms with Crippen molar-refractivity contribution < 1.29 is 4.39 Å². The first kappa shape index (κ1) is 32.5. The Bertz CT molecular complexity index is 1490. The lowest BCUT2D eigenvalue weighted by Gasteiger charge is -2.15. The van der Waals surface area contributed by atoms with Crippen molar-refractivity contribution in [2.24, 2.45) is 0 Å². The van der Waals surface area contributed by atoms with Gasteiger partial charge in [0, 0.05) is 0 Å².